The normalized spacial score (nSPS) is 34.6. The van der Waals surface area contributed by atoms with Gasteiger partial charge in [-0.05, 0) is 44.1 Å². The molecule has 96 valence electrons. The van der Waals surface area contributed by atoms with Gasteiger partial charge in [-0.2, -0.15) is 0 Å². The van der Waals surface area contributed by atoms with Gasteiger partial charge in [-0.3, -0.25) is 4.21 Å². The molecule has 1 saturated carbocycles. The molecule has 0 spiro atoms. The molecular formula is C13H27NOS. The molecule has 0 radical (unpaired) electrons. The first-order chi connectivity index (χ1) is 7.50. The van der Waals surface area contributed by atoms with E-state index in [0.29, 0.717) is 11.3 Å². The average molecular weight is 245 g/mol. The third kappa shape index (κ3) is 4.54. The molecule has 1 N–H and O–H groups in total. The molecule has 0 amide bonds. The Labute approximate surface area is 103 Å². The van der Waals surface area contributed by atoms with Crippen LogP contribution in [0.1, 0.15) is 46.5 Å². The van der Waals surface area contributed by atoms with Crippen molar-refractivity contribution in [1.29, 1.82) is 0 Å². The average Bonchev–Trinajstić information content (AvgIpc) is 2.23. The van der Waals surface area contributed by atoms with Crippen LogP contribution < -0.4 is 5.32 Å². The number of hydrogen-bond donors (Lipinski definition) is 1. The first kappa shape index (κ1) is 14.2. The lowest BCUT2D eigenvalue weighted by molar-refractivity contribution is 0.226. The SMILES string of the molecule is CC1CCC(NCCC(C)S(C)=O)CC1C. The van der Waals surface area contributed by atoms with Gasteiger partial charge < -0.3 is 5.32 Å². The second-order valence-electron chi connectivity index (χ2n) is 5.52. The van der Waals surface area contributed by atoms with E-state index in [1.54, 1.807) is 6.26 Å². The van der Waals surface area contributed by atoms with E-state index < -0.39 is 10.8 Å². The highest BCUT2D eigenvalue weighted by atomic mass is 32.2. The Bertz CT molecular complexity index is 232. The summed E-state index contributed by atoms with van der Waals surface area (Å²) in [5.74, 6) is 1.74. The van der Waals surface area contributed by atoms with Gasteiger partial charge >= 0.3 is 0 Å². The zero-order valence-electron chi connectivity index (χ0n) is 11.2. The van der Waals surface area contributed by atoms with Crippen LogP contribution >= 0.6 is 0 Å². The monoisotopic (exact) mass is 245 g/mol. The van der Waals surface area contributed by atoms with Crippen molar-refractivity contribution in [2.24, 2.45) is 11.8 Å². The van der Waals surface area contributed by atoms with Crippen LogP contribution in [0.4, 0.5) is 0 Å². The Balaban J connectivity index is 2.16. The molecule has 16 heavy (non-hydrogen) atoms. The summed E-state index contributed by atoms with van der Waals surface area (Å²) in [6.45, 7) is 7.82. The van der Waals surface area contributed by atoms with Crippen molar-refractivity contribution in [3.8, 4) is 0 Å². The van der Waals surface area contributed by atoms with Gasteiger partial charge in [-0.25, -0.2) is 0 Å². The molecule has 1 rings (SSSR count). The summed E-state index contributed by atoms with van der Waals surface area (Å²) in [6, 6.07) is 0.698. The predicted octanol–water partition coefficient (Wildman–Crippen LogP) is 2.56. The molecule has 0 aromatic carbocycles. The Morgan fingerprint density at radius 2 is 2.00 bits per heavy atom. The van der Waals surface area contributed by atoms with Crippen LogP contribution in [0.2, 0.25) is 0 Å². The van der Waals surface area contributed by atoms with E-state index in [1.807, 2.05) is 0 Å². The standard InChI is InChI=1S/C13H27NOS/c1-10-5-6-13(9-11(10)2)14-8-7-12(3)16(4)15/h10-14H,5-9H2,1-4H3. The predicted molar refractivity (Wildman–Crippen MR) is 72.1 cm³/mol. The van der Waals surface area contributed by atoms with Gasteiger partial charge in [0.15, 0.2) is 0 Å². The molecule has 1 fully saturated rings. The molecule has 2 nitrogen and oxygen atoms in total. The van der Waals surface area contributed by atoms with Crippen molar-refractivity contribution in [1.82, 2.24) is 5.32 Å². The second-order valence-corrected chi connectivity index (χ2v) is 7.32. The van der Waals surface area contributed by atoms with Gasteiger partial charge in [0.25, 0.3) is 0 Å². The minimum absolute atomic E-state index is 0.326. The highest BCUT2D eigenvalue weighted by Gasteiger charge is 2.23. The smallest absolute Gasteiger partial charge is 0.0329 e. The van der Waals surface area contributed by atoms with Gasteiger partial charge in [0.2, 0.25) is 0 Å². The molecule has 0 bridgehead atoms. The molecule has 0 aromatic rings. The maximum absolute atomic E-state index is 11.2. The topological polar surface area (TPSA) is 29.1 Å². The van der Waals surface area contributed by atoms with E-state index in [4.69, 9.17) is 0 Å². The molecule has 1 aliphatic rings. The van der Waals surface area contributed by atoms with E-state index in [2.05, 4.69) is 26.1 Å². The number of hydrogen-bond acceptors (Lipinski definition) is 2. The van der Waals surface area contributed by atoms with E-state index in [-0.39, 0.29) is 0 Å². The summed E-state index contributed by atoms with van der Waals surface area (Å²) >= 11 is 0. The van der Waals surface area contributed by atoms with Crippen LogP contribution in [0.15, 0.2) is 0 Å². The summed E-state index contributed by atoms with van der Waals surface area (Å²) in [6.07, 6.45) is 6.81. The minimum atomic E-state index is -0.669. The zero-order valence-corrected chi connectivity index (χ0v) is 12.0. The maximum atomic E-state index is 11.2. The van der Waals surface area contributed by atoms with Crippen LogP contribution in [-0.4, -0.2) is 28.3 Å². The quantitative estimate of drug-likeness (QED) is 0.806. The van der Waals surface area contributed by atoms with Gasteiger partial charge in [0, 0.05) is 28.3 Å². The molecule has 0 aliphatic heterocycles. The first-order valence-corrected chi connectivity index (χ1v) is 8.18. The lowest BCUT2D eigenvalue weighted by Crippen LogP contribution is -2.37. The zero-order chi connectivity index (χ0) is 12.1. The van der Waals surface area contributed by atoms with Crippen molar-refractivity contribution in [2.45, 2.75) is 57.7 Å². The Morgan fingerprint density at radius 1 is 1.31 bits per heavy atom. The van der Waals surface area contributed by atoms with Crippen molar-refractivity contribution in [2.75, 3.05) is 12.8 Å². The third-order valence-corrected chi connectivity index (χ3v) is 5.52. The summed E-state index contributed by atoms with van der Waals surface area (Å²) in [5.41, 5.74) is 0. The van der Waals surface area contributed by atoms with Crippen LogP contribution in [0.3, 0.4) is 0 Å². The lowest BCUT2D eigenvalue weighted by atomic mass is 9.79. The van der Waals surface area contributed by atoms with Gasteiger partial charge in [0.05, 0.1) is 0 Å². The molecule has 0 aromatic heterocycles. The summed E-state index contributed by atoms with van der Waals surface area (Å²) in [4.78, 5) is 0. The molecule has 1 aliphatic carbocycles. The molecule has 5 unspecified atom stereocenters. The summed E-state index contributed by atoms with van der Waals surface area (Å²) in [7, 11) is -0.669. The second kappa shape index (κ2) is 6.75. The fourth-order valence-corrected chi connectivity index (χ4v) is 2.84. The molecule has 0 heterocycles. The minimum Gasteiger partial charge on any atom is -0.314 e. The van der Waals surface area contributed by atoms with Crippen LogP contribution in [0, 0.1) is 11.8 Å². The van der Waals surface area contributed by atoms with Crippen LogP contribution in [-0.2, 0) is 10.8 Å². The van der Waals surface area contributed by atoms with Crippen molar-refractivity contribution in [3.05, 3.63) is 0 Å². The van der Waals surface area contributed by atoms with Gasteiger partial charge in [0.1, 0.15) is 0 Å². The van der Waals surface area contributed by atoms with Crippen molar-refractivity contribution >= 4 is 10.8 Å². The maximum Gasteiger partial charge on any atom is 0.0329 e. The van der Waals surface area contributed by atoms with Crippen LogP contribution in [0.5, 0.6) is 0 Å². The van der Waals surface area contributed by atoms with E-state index in [1.165, 1.54) is 19.3 Å². The molecule has 5 atom stereocenters. The molecule has 3 heteroatoms. The van der Waals surface area contributed by atoms with E-state index >= 15 is 0 Å². The Morgan fingerprint density at radius 3 is 2.56 bits per heavy atom. The fourth-order valence-electron chi connectivity index (χ4n) is 2.39. The summed E-state index contributed by atoms with van der Waals surface area (Å²) in [5, 5.41) is 3.95. The largest absolute Gasteiger partial charge is 0.314 e. The Hall–Kier alpha value is 0.110. The highest BCUT2D eigenvalue weighted by Crippen LogP contribution is 2.29. The number of rotatable bonds is 5. The van der Waals surface area contributed by atoms with Crippen molar-refractivity contribution < 1.29 is 4.21 Å². The van der Waals surface area contributed by atoms with Crippen LogP contribution in [0.25, 0.3) is 0 Å². The highest BCUT2D eigenvalue weighted by molar-refractivity contribution is 7.84. The van der Waals surface area contributed by atoms with Gasteiger partial charge in [-0.15, -0.1) is 0 Å². The fraction of sp³-hybridized carbons (Fsp3) is 1.00. The molecular weight excluding hydrogens is 218 g/mol. The Kier molecular flexibility index (Phi) is 5.98. The van der Waals surface area contributed by atoms with E-state index in [0.717, 1.165) is 24.8 Å². The number of nitrogens with one attached hydrogen (secondary N) is 1. The summed E-state index contributed by atoms with van der Waals surface area (Å²) < 4.78 is 11.2. The molecule has 0 saturated heterocycles. The van der Waals surface area contributed by atoms with E-state index in [9.17, 15) is 4.21 Å². The first-order valence-electron chi connectivity index (χ1n) is 6.56. The lowest BCUT2D eigenvalue weighted by Gasteiger charge is -2.32. The third-order valence-electron chi connectivity index (χ3n) is 4.15. The van der Waals surface area contributed by atoms with Crippen molar-refractivity contribution in [3.63, 3.8) is 0 Å². The van der Waals surface area contributed by atoms with Gasteiger partial charge in [-0.1, -0.05) is 20.8 Å².